The van der Waals surface area contributed by atoms with Gasteiger partial charge in [-0.15, -0.1) is 0 Å². The number of piperidine rings is 1. The molecule has 5 atom stereocenters. The van der Waals surface area contributed by atoms with Crippen LogP contribution in [0.15, 0.2) is 0 Å². The molecular formula is C16H26N2O3. The second-order valence-corrected chi connectivity index (χ2v) is 7.11. The van der Waals surface area contributed by atoms with Crippen LogP contribution in [0.5, 0.6) is 0 Å². The molecule has 1 amide bonds. The average Bonchev–Trinajstić information content (AvgIpc) is 3.08. The Balaban J connectivity index is 1.72. The van der Waals surface area contributed by atoms with Gasteiger partial charge in [-0.1, -0.05) is 6.92 Å². The number of aliphatic carboxylic acids is 1. The molecule has 3 N–H and O–H groups in total. The van der Waals surface area contributed by atoms with Gasteiger partial charge in [0.25, 0.3) is 0 Å². The third kappa shape index (κ3) is 2.45. The van der Waals surface area contributed by atoms with Gasteiger partial charge in [-0.3, -0.25) is 9.59 Å². The minimum Gasteiger partial charge on any atom is -0.481 e. The first-order valence-electron chi connectivity index (χ1n) is 8.32. The number of hydrogen-bond acceptors (Lipinski definition) is 3. The molecule has 2 aliphatic carbocycles. The van der Waals surface area contributed by atoms with Crippen LogP contribution in [-0.4, -0.2) is 36.1 Å². The van der Waals surface area contributed by atoms with E-state index >= 15 is 0 Å². The summed E-state index contributed by atoms with van der Waals surface area (Å²) in [6.07, 6.45) is 5.77. The molecule has 0 aromatic rings. The van der Waals surface area contributed by atoms with Crippen LogP contribution < -0.4 is 10.6 Å². The first kappa shape index (κ1) is 14.8. The molecule has 5 heteroatoms. The predicted molar refractivity (Wildman–Crippen MR) is 78.7 cm³/mol. The SMILES string of the molecule is CCC1(C(=O)NC2C3CCC(C3)C2C(=O)O)CCCNC1. The van der Waals surface area contributed by atoms with Crippen molar-refractivity contribution in [2.45, 2.75) is 51.5 Å². The summed E-state index contributed by atoms with van der Waals surface area (Å²) < 4.78 is 0. The quantitative estimate of drug-likeness (QED) is 0.732. The Morgan fingerprint density at radius 1 is 1.33 bits per heavy atom. The highest BCUT2D eigenvalue weighted by molar-refractivity contribution is 5.84. The molecule has 0 aromatic carbocycles. The molecular weight excluding hydrogens is 268 g/mol. The number of carbonyl (C=O) groups is 2. The van der Waals surface area contributed by atoms with Gasteiger partial charge in [-0.2, -0.15) is 0 Å². The zero-order chi connectivity index (χ0) is 15.0. The summed E-state index contributed by atoms with van der Waals surface area (Å²) in [5.74, 6) is -0.413. The Labute approximate surface area is 125 Å². The van der Waals surface area contributed by atoms with Crippen LogP contribution >= 0.6 is 0 Å². The van der Waals surface area contributed by atoms with E-state index < -0.39 is 5.97 Å². The Bertz CT molecular complexity index is 431. The topological polar surface area (TPSA) is 78.4 Å². The molecule has 2 bridgehead atoms. The summed E-state index contributed by atoms with van der Waals surface area (Å²) in [5, 5.41) is 16.0. The Kier molecular flexibility index (Phi) is 3.95. The van der Waals surface area contributed by atoms with Gasteiger partial charge in [-0.25, -0.2) is 0 Å². The van der Waals surface area contributed by atoms with E-state index in [1.165, 1.54) is 0 Å². The lowest BCUT2D eigenvalue weighted by atomic mass is 9.76. The van der Waals surface area contributed by atoms with Gasteiger partial charge in [0.2, 0.25) is 5.91 Å². The summed E-state index contributed by atoms with van der Waals surface area (Å²) in [6.45, 7) is 3.75. The highest BCUT2D eigenvalue weighted by Gasteiger charge is 2.52. The minimum absolute atomic E-state index is 0.0704. The molecule has 3 rings (SSSR count). The number of nitrogens with one attached hydrogen (secondary N) is 2. The van der Waals surface area contributed by atoms with Gasteiger partial charge in [0.05, 0.1) is 11.3 Å². The Morgan fingerprint density at radius 3 is 2.71 bits per heavy atom. The normalized spacial score (nSPS) is 42.0. The van der Waals surface area contributed by atoms with E-state index in [9.17, 15) is 14.7 Å². The van der Waals surface area contributed by atoms with Gasteiger partial charge in [-0.05, 0) is 56.9 Å². The molecule has 5 unspecified atom stereocenters. The molecule has 3 aliphatic rings. The fourth-order valence-corrected chi connectivity index (χ4v) is 4.78. The van der Waals surface area contributed by atoms with Crippen molar-refractivity contribution in [2.75, 3.05) is 13.1 Å². The van der Waals surface area contributed by atoms with Crippen molar-refractivity contribution in [1.82, 2.24) is 10.6 Å². The standard InChI is InChI=1S/C16H26N2O3/c1-2-16(6-3-7-17-9-16)15(21)18-13-11-5-4-10(8-11)12(13)14(19)20/h10-13,17H,2-9H2,1H3,(H,18,21)(H,19,20). The number of hydrogen-bond donors (Lipinski definition) is 3. The third-order valence-corrected chi connectivity index (χ3v) is 6.13. The molecule has 3 fully saturated rings. The van der Waals surface area contributed by atoms with E-state index in [0.717, 1.165) is 45.1 Å². The third-order valence-electron chi connectivity index (χ3n) is 6.13. The molecule has 21 heavy (non-hydrogen) atoms. The molecule has 0 radical (unpaired) electrons. The van der Waals surface area contributed by atoms with Crippen LogP contribution in [0.2, 0.25) is 0 Å². The lowest BCUT2D eigenvalue weighted by Gasteiger charge is -2.38. The summed E-state index contributed by atoms with van der Waals surface area (Å²) in [7, 11) is 0. The van der Waals surface area contributed by atoms with Crippen LogP contribution in [-0.2, 0) is 9.59 Å². The van der Waals surface area contributed by atoms with E-state index in [2.05, 4.69) is 17.6 Å². The number of rotatable bonds is 4. The van der Waals surface area contributed by atoms with Gasteiger partial charge in [0.1, 0.15) is 0 Å². The number of carboxylic acid groups (broad SMARTS) is 1. The van der Waals surface area contributed by atoms with Crippen molar-refractivity contribution in [2.24, 2.45) is 23.2 Å². The average molecular weight is 294 g/mol. The summed E-state index contributed by atoms with van der Waals surface area (Å²) >= 11 is 0. The lowest BCUT2D eigenvalue weighted by Crippen LogP contribution is -2.55. The van der Waals surface area contributed by atoms with Crippen molar-refractivity contribution in [1.29, 1.82) is 0 Å². The van der Waals surface area contributed by atoms with Crippen molar-refractivity contribution < 1.29 is 14.7 Å². The predicted octanol–water partition coefficient (Wildman–Crippen LogP) is 1.38. The molecule has 1 saturated heterocycles. The number of carbonyl (C=O) groups excluding carboxylic acids is 1. The summed E-state index contributed by atoms with van der Waals surface area (Å²) in [5.41, 5.74) is -0.344. The summed E-state index contributed by atoms with van der Waals surface area (Å²) in [4.78, 5) is 24.4. The number of carboxylic acids is 1. The highest BCUT2D eigenvalue weighted by Crippen LogP contribution is 2.49. The van der Waals surface area contributed by atoms with Crippen LogP contribution in [0.25, 0.3) is 0 Å². The second kappa shape index (κ2) is 5.59. The van der Waals surface area contributed by atoms with E-state index in [1.54, 1.807) is 0 Å². The highest BCUT2D eigenvalue weighted by atomic mass is 16.4. The van der Waals surface area contributed by atoms with Crippen LogP contribution in [0.1, 0.15) is 45.4 Å². The first-order valence-corrected chi connectivity index (χ1v) is 8.32. The molecule has 1 aliphatic heterocycles. The molecule has 2 saturated carbocycles. The largest absolute Gasteiger partial charge is 0.481 e. The van der Waals surface area contributed by atoms with Gasteiger partial charge in [0, 0.05) is 12.6 Å². The van der Waals surface area contributed by atoms with Crippen LogP contribution in [0.3, 0.4) is 0 Å². The van der Waals surface area contributed by atoms with E-state index in [0.29, 0.717) is 12.5 Å². The van der Waals surface area contributed by atoms with Crippen molar-refractivity contribution in [3.63, 3.8) is 0 Å². The van der Waals surface area contributed by atoms with Crippen molar-refractivity contribution >= 4 is 11.9 Å². The lowest BCUT2D eigenvalue weighted by molar-refractivity contribution is -0.145. The fourth-order valence-electron chi connectivity index (χ4n) is 4.78. The maximum Gasteiger partial charge on any atom is 0.308 e. The van der Waals surface area contributed by atoms with Crippen molar-refractivity contribution in [3.8, 4) is 0 Å². The molecule has 0 aromatic heterocycles. The second-order valence-electron chi connectivity index (χ2n) is 7.11. The van der Waals surface area contributed by atoms with Crippen molar-refractivity contribution in [3.05, 3.63) is 0 Å². The fraction of sp³-hybridized carbons (Fsp3) is 0.875. The zero-order valence-corrected chi connectivity index (χ0v) is 12.7. The van der Waals surface area contributed by atoms with Crippen LogP contribution in [0, 0.1) is 23.2 Å². The monoisotopic (exact) mass is 294 g/mol. The van der Waals surface area contributed by atoms with E-state index in [1.807, 2.05) is 0 Å². The summed E-state index contributed by atoms with van der Waals surface area (Å²) in [6, 6.07) is -0.154. The Morgan fingerprint density at radius 2 is 2.10 bits per heavy atom. The first-order chi connectivity index (χ1) is 10.1. The Hall–Kier alpha value is -1.10. The smallest absolute Gasteiger partial charge is 0.308 e. The molecule has 0 spiro atoms. The maximum absolute atomic E-state index is 12.8. The minimum atomic E-state index is -0.736. The van der Waals surface area contributed by atoms with Gasteiger partial charge in [0.15, 0.2) is 0 Å². The van der Waals surface area contributed by atoms with E-state index in [4.69, 9.17) is 0 Å². The molecule has 1 heterocycles. The van der Waals surface area contributed by atoms with Gasteiger partial charge < -0.3 is 15.7 Å². The zero-order valence-electron chi connectivity index (χ0n) is 12.7. The van der Waals surface area contributed by atoms with E-state index in [-0.39, 0.29) is 29.2 Å². The van der Waals surface area contributed by atoms with Crippen LogP contribution in [0.4, 0.5) is 0 Å². The van der Waals surface area contributed by atoms with Gasteiger partial charge >= 0.3 is 5.97 Å². The molecule has 5 nitrogen and oxygen atoms in total. The maximum atomic E-state index is 12.8. The number of amides is 1. The number of fused-ring (bicyclic) bond motifs is 2. The molecule has 118 valence electrons.